The van der Waals surface area contributed by atoms with Crippen molar-refractivity contribution in [1.29, 1.82) is 0 Å². The quantitative estimate of drug-likeness (QED) is 0.358. The Hall–Kier alpha value is -2.94. The number of aromatic hydroxyl groups is 1. The first-order valence-corrected chi connectivity index (χ1v) is 13.7. The van der Waals surface area contributed by atoms with E-state index in [0.717, 1.165) is 43.3 Å². The molecular weight excluding hydrogens is 495 g/mol. The summed E-state index contributed by atoms with van der Waals surface area (Å²) in [5.74, 6) is -1.61. The zero-order valence-corrected chi connectivity index (χ0v) is 21.5. The van der Waals surface area contributed by atoms with Crippen molar-refractivity contribution >= 4 is 23.0 Å². The van der Waals surface area contributed by atoms with E-state index in [-0.39, 0.29) is 5.41 Å². The van der Waals surface area contributed by atoms with E-state index in [9.17, 15) is 18.3 Å². The first-order valence-electron chi connectivity index (χ1n) is 13.7. The van der Waals surface area contributed by atoms with Gasteiger partial charge in [0.2, 0.25) is 0 Å². The second kappa shape index (κ2) is 10.7. The number of hydrogen-bond acceptors (Lipinski definition) is 5. The molecule has 3 fully saturated rings. The fourth-order valence-electron chi connectivity index (χ4n) is 7.21. The molecule has 2 aliphatic heterocycles. The highest BCUT2D eigenvalue weighted by Gasteiger charge is 2.51. The Balaban J connectivity index is 0.000000374. The van der Waals surface area contributed by atoms with E-state index in [1.807, 2.05) is 0 Å². The normalized spacial score (nSPS) is 26.3. The molecule has 0 unspecified atom stereocenters. The number of carboxylic acid groups (broad SMARTS) is 1. The van der Waals surface area contributed by atoms with Gasteiger partial charge >= 0.3 is 12.1 Å². The standard InChI is InChI=1S/C27H35N3O.C2HF3O2/c31-26-18-21-19(16-23-20-8-4-5-11-27(20,21)12-13-28-23)17-24(26)29-22-9-2-3-10-25(22)30-14-6-1-7-15-30;3-2(4,5)1(6)7/h2-3,9-10,17-18,20,23,28-29,31H,1,4-8,11-16H2;(H,6,7)/t20-,23+,27+;/m1./s1. The van der Waals surface area contributed by atoms with Gasteiger partial charge in [0.25, 0.3) is 0 Å². The first kappa shape index (κ1) is 26.7. The molecule has 0 amide bonds. The van der Waals surface area contributed by atoms with Crippen LogP contribution in [0.5, 0.6) is 5.75 Å². The van der Waals surface area contributed by atoms with Crippen molar-refractivity contribution in [3.8, 4) is 5.75 Å². The zero-order chi connectivity index (χ0) is 26.9. The zero-order valence-electron chi connectivity index (χ0n) is 21.5. The highest BCUT2D eigenvalue weighted by atomic mass is 19.4. The molecule has 2 saturated heterocycles. The van der Waals surface area contributed by atoms with Crippen molar-refractivity contribution in [3.63, 3.8) is 0 Å². The van der Waals surface area contributed by atoms with Gasteiger partial charge in [-0.3, -0.25) is 0 Å². The number of hydrogen-bond donors (Lipinski definition) is 4. The first-order chi connectivity index (χ1) is 18.2. The lowest BCUT2D eigenvalue weighted by Gasteiger charge is -2.56. The number of halogens is 3. The Labute approximate surface area is 221 Å². The molecule has 3 atom stereocenters. The second-order valence-electron chi connectivity index (χ2n) is 11.0. The van der Waals surface area contributed by atoms with Crippen LogP contribution < -0.4 is 15.5 Å². The Kier molecular flexibility index (Phi) is 7.49. The van der Waals surface area contributed by atoms with Gasteiger partial charge in [-0.15, -0.1) is 0 Å². The third kappa shape index (κ3) is 5.17. The summed E-state index contributed by atoms with van der Waals surface area (Å²) in [4.78, 5) is 11.4. The molecule has 2 heterocycles. The summed E-state index contributed by atoms with van der Waals surface area (Å²) in [7, 11) is 0. The third-order valence-electron chi connectivity index (χ3n) is 8.87. The van der Waals surface area contributed by atoms with Gasteiger partial charge < -0.3 is 25.7 Å². The van der Waals surface area contributed by atoms with E-state index in [1.54, 1.807) is 0 Å². The number of anilines is 3. The maximum Gasteiger partial charge on any atom is 0.490 e. The molecule has 0 aromatic heterocycles. The number of para-hydroxylation sites is 2. The lowest BCUT2D eigenvalue weighted by molar-refractivity contribution is -0.192. The molecule has 6 rings (SSSR count). The van der Waals surface area contributed by atoms with Gasteiger partial charge in [0.15, 0.2) is 0 Å². The maximum atomic E-state index is 11.1. The van der Waals surface area contributed by atoms with Crippen molar-refractivity contribution < 1.29 is 28.2 Å². The molecule has 4 aliphatic rings. The largest absolute Gasteiger partial charge is 0.506 e. The van der Waals surface area contributed by atoms with Crippen molar-refractivity contribution in [1.82, 2.24) is 5.32 Å². The van der Waals surface area contributed by atoms with Crippen LogP contribution in [0.3, 0.4) is 0 Å². The van der Waals surface area contributed by atoms with E-state index < -0.39 is 12.1 Å². The Morgan fingerprint density at radius 3 is 2.50 bits per heavy atom. The lowest BCUT2D eigenvalue weighted by Crippen LogP contribution is -2.59. The smallest absolute Gasteiger partial charge is 0.490 e. The molecule has 38 heavy (non-hydrogen) atoms. The molecule has 206 valence electrons. The van der Waals surface area contributed by atoms with Crippen molar-refractivity contribution in [2.45, 2.75) is 75.4 Å². The van der Waals surface area contributed by atoms with Gasteiger partial charge in [-0.25, -0.2) is 4.79 Å². The molecule has 4 N–H and O–H groups in total. The average molecular weight is 532 g/mol. The fourth-order valence-corrected chi connectivity index (χ4v) is 7.21. The highest BCUT2D eigenvalue weighted by molar-refractivity contribution is 5.78. The number of phenols is 1. The predicted octanol–water partition coefficient (Wildman–Crippen LogP) is 6.11. The minimum atomic E-state index is -5.08. The summed E-state index contributed by atoms with van der Waals surface area (Å²) in [5, 5.41) is 25.7. The Bertz CT molecular complexity index is 1160. The summed E-state index contributed by atoms with van der Waals surface area (Å²) in [6.07, 6.45) is 6.37. The lowest BCUT2D eigenvalue weighted by atomic mass is 9.53. The Morgan fingerprint density at radius 2 is 1.76 bits per heavy atom. The molecule has 2 aliphatic carbocycles. The number of alkyl halides is 3. The number of aliphatic carboxylic acids is 1. The van der Waals surface area contributed by atoms with Gasteiger partial charge in [0, 0.05) is 24.5 Å². The summed E-state index contributed by atoms with van der Waals surface area (Å²) in [6.45, 7) is 3.35. The number of nitrogens with one attached hydrogen (secondary N) is 2. The van der Waals surface area contributed by atoms with Crippen molar-refractivity contribution in [3.05, 3.63) is 47.5 Å². The number of nitrogens with zero attached hydrogens (tertiary/aromatic N) is 1. The molecule has 6 nitrogen and oxygen atoms in total. The minimum Gasteiger partial charge on any atom is -0.506 e. The van der Waals surface area contributed by atoms with Crippen LogP contribution in [0, 0.1) is 5.92 Å². The van der Waals surface area contributed by atoms with Crippen LogP contribution in [0.2, 0.25) is 0 Å². The summed E-state index contributed by atoms with van der Waals surface area (Å²) in [6, 6.07) is 13.5. The average Bonchev–Trinajstić information content (AvgIpc) is 2.90. The molecule has 0 radical (unpaired) electrons. The minimum absolute atomic E-state index is 0.281. The van der Waals surface area contributed by atoms with Crippen molar-refractivity contribution in [2.75, 3.05) is 29.9 Å². The molecule has 9 heteroatoms. The molecule has 2 aromatic carbocycles. The SMILES string of the molecule is O=C(O)C(F)(F)F.Oc1cc2c(cc1Nc1ccccc1N1CCCCC1)C[C@@H]1NCC[C@]23CCCC[C@H]13. The van der Waals surface area contributed by atoms with Crippen LogP contribution in [-0.2, 0) is 16.6 Å². The van der Waals surface area contributed by atoms with Gasteiger partial charge in [-0.1, -0.05) is 25.0 Å². The third-order valence-corrected chi connectivity index (χ3v) is 8.87. The summed E-state index contributed by atoms with van der Waals surface area (Å²) in [5.41, 5.74) is 6.37. The number of carboxylic acids is 1. The molecular formula is C29H36F3N3O3. The number of benzene rings is 2. The van der Waals surface area contributed by atoms with Crippen LogP contribution in [0.15, 0.2) is 36.4 Å². The van der Waals surface area contributed by atoms with Crippen LogP contribution >= 0.6 is 0 Å². The second-order valence-corrected chi connectivity index (χ2v) is 11.0. The number of carbonyl (C=O) groups is 1. The summed E-state index contributed by atoms with van der Waals surface area (Å²) < 4.78 is 31.7. The molecule has 1 saturated carbocycles. The number of phenolic OH excluding ortho intramolecular Hbond substituents is 1. The van der Waals surface area contributed by atoms with Gasteiger partial charge in [-0.2, -0.15) is 13.2 Å². The van der Waals surface area contributed by atoms with Crippen LogP contribution in [0.1, 0.15) is 62.5 Å². The van der Waals surface area contributed by atoms with E-state index >= 15 is 0 Å². The van der Waals surface area contributed by atoms with E-state index in [2.05, 4.69) is 51.9 Å². The van der Waals surface area contributed by atoms with Crippen molar-refractivity contribution in [2.24, 2.45) is 5.92 Å². The monoisotopic (exact) mass is 531 g/mol. The fraction of sp³-hybridized carbons (Fsp3) is 0.552. The number of fused-ring (bicyclic) bond motifs is 1. The van der Waals surface area contributed by atoms with Crippen LogP contribution in [0.25, 0.3) is 0 Å². The Morgan fingerprint density at radius 1 is 1.03 bits per heavy atom. The van der Waals surface area contributed by atoms with E-state index in [0.29, 0.717) is 11.8 Å². The topological polar surface area (TPSA) is 84.8 Å². The molecule has 2 aromatic rings. The van der Waals surface area contributed by atoms with E-state index in [4.69, 9.17) is 9.90 Å². The predicted molar refractivity (Wildman–Crippen MR) is 141 cm³/mol. The van der Waals surface area contributed by atoms with Gasteiger partial charge in [-0.05, 0) is 92.8 Å². The van der Waals surface area contributed by atoms with Gasteiger partial charge in [0.1, 0.15) is 5.75 Å². The van der Waals surface area contributed by atoms with E-state index in [1.165, 1.54) is 68.2 Å². The summed E-state index contributed by atoms with van der Waals surface area (Å²) >= 11 is 0. The number of rotatable bonds is 3. The van der Waals surface area contributed by atoms with Gasteiger partial charge in [0.05, 0.1) is 17.1 Å². The number of piperidine rings is 2. The van der Waals surface area contributed by atoms with Crippen LogP contribution in [-0.4, -0.2) is 48.0 Å². The molecule has 0 spiro atoms. The van der Waals surface area contributed by atoms with Crippen LogP contribution in [0.4, 0.5) is 30.2 Å². The molecule has 2 bridgehead atoms. The maximum absolute atomic E-state index is 11.1. The highest BCUT2D eigenvalue weighted by Crippen LogP contribution is 2.55.